The number of hydrogen-bond acceptors (Lipinski definition) is 2. The van der Waals surface area contributed by atoms with Gasteiger partial charge >= 0.3 is 0 Å². The normalized spacial score (nSPS) is 10.8. The Balaban J connectivity index is 2.45. The minimum atomic E-state index is 0.492. The van der Waals surface area contributed by atoms with Gasteiger partial charge in [-0.2, -0.15) is 0 Å². The first kappa shape index (κ1) is 11.3. The van der Waals surface area contributed by atoms with Gasteiger partial charge in [-0.05, 0) is 45.6 Å². The average Bonchev–Trinajstić information content (AvgIpc) is 2.30. The molecule has 0 saturated carbocycles. The molecule has 0 aliphatic rings. The topological polar surface area (TPSA) is 25.8 Å². The summed E-state index contributed by atoms with van der Waals surface area (Å²) in [5.74, 6) is 0.492. The minimum Gasteiger partial charge on any atom is -0.264 e. The van der Waals surface area contributed by atoms with Gasteiger partial charge in [-0.25, -0.2) is 0 Å². The van der Waals surface area contributed by atoms with E-state index in [1.54, 1.807) is 6.20 Å². The second-order valence-corrected chi connectivity index (χ2v) is 4.85. The predicted octanol–water partition coefficient (Wildman–Crippen LogP) is 4.03. The monoisotopic (exact) mass is 276 g/mol. The van der Waals surface area contributed by atoms with E-state index in [1.807, 2.05) is 24.5 Å². The van der Waals surface area contributed by atoms with Crippen molar-refractivity contribution in [1.82, 2.24) is 9.97 Å². The fourth-order valence-electron chi connectivity index (χ4n) is 1.48. The highest BCUT2D eigenvalue weighted by Crippen LogP contribution is 2.28. The van der Waals surface area contributed by atoms with E-state index in [-0.39, 0.29) is 0 Å². The summed E-state index contributed by atoms with van der Waals surface area (Å²) in [6.07, 6.45) is 5.51. The zero-order chi connectivity index (χ0) is 11.5. The number of halogens is 1. The maximum atomic E-state index is 4.48. The summed E-state index contributed by atoms with van der Waals surface area (Å²) in [5.41, 5.74) is 3.21. The summed E-state index contributed by atoms with van der Waals surface area (Å²) in [4.78, 5) is 8.58. The van der Waals surface area contributed by atoms with Crippen LogP contribution >= 0.6 is 15.9 Å². The number of pyridine rings is 2. The van der Waals surface area contributed by atoms with Crippen molar-refractivity contribution >= 4 is 15.9 Å². The quantitative estimate of drug-likeness (QED) is 0.828. The van der Waals surface area contributed by atoms with Gasteiger partial charge in [-0.1, -0.05) is 13.8 Å². The van der Waals surface area contributed by atoms with Crippen LogP contribution in [0.15, 0.2) is 41.3 Å². The average molecular weight is 277 g/mol. The van der Waals surface area contributed by atoms with Crippen LogP contribution in [0.5, 0.6) is 0 Å². The van der Waals surface area contributed by atoms with Crippen LogP contribution in [0.4, 0.5) is 0 Å². The van der Waals surface area contributed by atoms with Gasteiger partial charge in [0.05, 0.1) is 5.69 Å². The van der Waals surface area contributed by atoms with Crippen molar-refractivity contribution in [2.45, 2.75) is 19.8 Å². The second-order valence-electron chi connectivity index (χ2n) is 4.00. The maximum Gasteiger partial charge on any atom is 0.0859 e. The highest BCUT2D eigenvalue weighted by Gasteiger charge is 2.07. The zero-order valence-electron chi connectivity index (χ0n) is 9.31. The summed E-state index contributed by atoms with van der Waals surface area (Å²) in [6.45, 7) is 4.32. The summed E-state index contributed by atoms with van der Waals surface area (Å²) in [7, 11) is 0. The molecule has 2 heterocycles. The fraction of sp³-hybridized carbons (Fsp3) is 0.231. The van der Waals surface area contributed by atoms with Crippen LogP contribution in [0.2, 0.25) is 0 Å². The second kappa shape index (κ2) is 4.74. The summed E-state index contributed by atoms with van der Waals surface area (Å²) in [5, 5.41) is 0. The number of aromatic nitrogens is 2. The van der Waals surface area contributed by atoms with Gasteiger partial charge in [-0.15, -0.1) is 0 Å². The molecule has 0 N–H and O–H groups in total. The molecule has 2 nitrogen and oxygen atoms in total. The first-order chi connectivity index (χ1) is 7.68. The van der Waals surface area contributed by atoms with Crippen LogP contribution < -0.4 is 0 Å². The lowest BCUT2D eigenvalue weighted by atomic mass is 10.0. The van der Waals surface area contributed by atoms with E-state index in [0.717, 1.165) is 15.7 Å². The highest BCUT2D eigenvalue weighted by atomic mass is 79.9. The standard InChI is InChI=1S/C13H13BrN2/c1-9(2)11-6-12(14)13(16-8-11)10-4-3-5-15-7-10/h3-9H,1-2H3. The third-order valence-corrected chi connectivity index (χ3v) is 3.07. The molecule has 0 saturated heterocycles. The molecule has 0 amide bonds. The Morgan fingerprint density at radius 2 is 2.06 bits per heavy atom. The molecule has 0 aromatic carbocycles. The molecule has 2 aromatic heterocycles. The summed E-state index contributed by atoms with van der Waals surface area (Å²) in [6, 6.07) is 6.05. The van der Waals surface area contributed by atoms with E-state index in [1.165, 1.54) is 5.56 Å². The van der Waals surface area contributed by atoms with Gasteiger partial charge in [-0.3, -0.25) is 9.97 Å². The molecule has 0 radical (unpaired) electrons. The molecule has 2 aromatic rings. The van der Waals surface area contributed by atoms with E-state index < -0.39 is 0 Å². The molecule has 82 valence electrons. The number of hydrogen-bond donors (Lipinski definition) is 0. The minimum absolute atomic E-state index is 0.492. The lowest BCUT2D eigenvalue weighted by Crippen LogP contribution is -1.92. The Hall–Kier alpha value is -1.22. The van der Waals surface area contributed by atoms with Crippen molar-refractivity contribution in [2.24, 2.45) is 0 Å². The van der Waals surface area contributed by atoms with Crippen LogP contribution in [0.25, 0.3) is 11.3 Å². The van der Waals surface area contributed by atoms with E-state index in [4.69, 9.17) is 0 Å². The molecule has 0 spiro atoms. The molecule has 0 unspecified atom stereocenters. The van der Waals surface area contributed by atoms with E-state index >= 15 is 0 Å². The van der Waals surface area contributed by atoms with Crippen LogP contribution in [0.3, 0.4) is 0 Å². The predicted molar refractivity (Wildman–Crippen MR) is 69.3 cm³/mol. The third kappa shape index (κ3) is 2.30. The molecule has 2 rings (SSSR count). The third-order valence-electron chi connectivity index (χ3n) is 2.46. The van der Waals surface area contributed by atoms with Crippen molar-refractivity contribution in [3.05, 3.63) is 46.8 Å². The van der Waals surface area contributed by atoms with Gasteiger partial charge < -0.3 is 0 Å². The Bertz CT molecular complexity index is 481. The van der Waals surface area contributed by atoms with Gasteiger partial charge in [0, 0.05) is 28.6 Å². The van der Waals surface area contributed by atoms with Crippen molar-refractivity contribution < 1.29 is 0 Å². The highest BCUT2D eigenvalue weighted by molar-refractivity contribution is 9.10. The molecule has 0 fully saturated rings. The molecule has 16 heavy (non-hydrogen) atoms. The molecule has 0 atom stereocenters. The largest absolute Gasteiger partial charge is 0.264 e. The van der Waals surface area contributed by atoms with Gasteiger partial charge in [0.2, 0.25) is 0 Å². The molecule has 0 aliphatic carbocycles. The fourth-order valence-corrected chi connectivity index (χ4v) is 2.08. The van der Waals surface area contributed by atoms with E-state index in [0.29, 0.717) is 5.92 Å². The first-order valence-electron chi connectivity index (χ1n) is 5.24. The van der Waals surface area contributed by atoms with Crippen LogP contribution in [0.1, 0.15) is 25.3 Å². The Morgan fingerprint density at radius 3 is 2.62 bits per heavy atom. The van der Waals surface area contributed by atoms with Gasteiger partial charge in [0.15, 0.2) is 0 Å². The smallest absolute Gasteiger partial charge is 0.0859 e. The van der Waals surface area contributed by atoms with Gasteiger partial charge in [0.25, 0.3) is 0 Å². The summed E-state index contributed by atoms with van der Waals surface area (Å²) >= 11 is 3.56. The Kier molecular flexibility index (Phi) is 3.34. The molecule has 3 heteroatoms. The lowest BCUT2D eigenvalue weighted by molar-refractivity contribution is 0.857. The van der Waals surface area contributed by atoms with Crippen LogP contribution in [-0.2, 0) is 0 Å². The molecular weight excluding hydrogens is 264 g/mol. The molecule has 0 aliphatic heterocycles. The van der Waals surface area contributed by atoms with Crippen LogP contribution in [0, 0.1) is 0 Å². The SMILES string of the molecule is CC(C)c1cnc(-c2cccnc2)c(Br)c1. The summed E-state index contributed by atoms with van der Waals surface area (Å²) < 4.78 is 1.02. The first-order valence-corrected chi connectivity index (χ1v) is 6.03. The molecular formula is C13H13BrN2. The zero-order valence-corrected chi connectivity index (χ0v) is 10.9. The Labute approximate surface area is 104 Å². The lowest BCUT2D eigenvalue weighted by Gasteiger charge is -2.08. The van der Waals surface area contributed by atoms with Crippen molar-refractivity contribution in [2.75, 3.05) is 0 Å². The van der Waals surface area contributed by atoms with Crippen molar-refractivity contribution in [3.63, 3.8) is 0 Å². The number of nitrogens with zero attached hydrogens (tertiary/aromatic N) is 2. The maximum absolute atomic E-state index is 4.48. The Morgan fingerprint density at radius 1 is 1.25 bits per heavy atom. The van der Waals surface area contributed by atoms with Crippen molar-refractivity contribution in [3.8, 4) is 11.3 Å². The van der Waals surface area contributed by atoms with Crippen LogP contribution in [-0.4, -0.2) is 9.97 Å². The van der Waals surface area contributed by atoms with Crippen molar-refractivity contribution in [1.29, 1.82) is 0 Å². The molecule has 0 bridgehead atoms. The van der Waals surface area contributed by atoms with E-state index in [2.05, 4.69) is 45.8 Å². The van der Waals surface area contributed by atoms with E-state index in [9.17, 15) is 0 Å². The number of rotatable bonds is 2. The van der Waals surface area contributed by atoms with Gasteiger partial charge in [0.1, 0.15) is 0 Å².